The van der Waals surface area contributed by atoms with Crippen molar-refractivity contribution in [2.75, 3.05) is 31.1 Å². The highest BCUT2D eigenvalue weighted by molar-refractivity contribution is 6.07. The minimum atomic E-state index is -1.51. The van der Waals surface area contributed by atoms with Gasteiger partial charge in [-0.15, -0.1) is 0 Å². The molecule has 0 spiro atoms. The number of urea groups is 1. The fraction of sp³-hybridized carbons (Fsp3) is 0.391. The van der Waals surface area contributed by atoms with Crippen LogP contribution in [-0.2, 0) is 10.3 Å². The molecule has 2 aromatic rings. The third-order valence-corrected chi connectivity index (χ3v) is 6.30. The van der Waals surface area contributed by atoms with Crippen molar-refractivity contribution in [1.29, 1.82) is 0 Å². The van der Waals surface area contributed by atoms with Crippen molar-refractivity contribution in [1.82, 2.24) is 20.5 Å². The first kappa shape index (κ1) is 21.7. The van der Waals surface area contributed by atoms with Crippen LogP contribution in [0.3, 0.4) is 0 Å². The zero-order chi connectivity index (χ0) is 23.2. The van der Waals surface area contributed by atoms with Crippen LogP contribution in [0.25, 0.3) is 0 Å². The molecule has 8 nitrogen and oxygen atoms in total. The largest absolute Gasteiger partial charge is 0.353 e. The first-order chi connectivity index (χ1) is 15.1. The van der Waals surface area contributed by atoms with Gasteiger partial charge in [0.05, 0.1) is 0 Å². The predicted octanol–water partition coefficient (Wildman–Crippen LogP) is 2.16. The second-order valence-electron chi connectivity index (χ2n) is 8.54. The maximum atomic E-state index is 14.9. The molecule has 0 unspecified atom stereocenters. The molecule has 2 aliphatic heterocycles. The summed E-state index contributed by atoms with van der Waals surface area (Å²) < 4.78 is 14.9. The van der Waals surface area contributed by atoms with Gasteiger partial charge in [-0.1, -0.05) is 12.1 Å². The molecule has 0 saturated carbocycles. The number of nitrogens with one attached hydrogen (secondary N) is 2. The summed E-state index contributed by atoms with van der Waals surface area (Å²) in [4.78, 5) is 45.1. The normalized spacial score (nSPS) is 20.9. The molecule has 4 amide bonds. The van der Waals surface area contributed by atoms with Crippen LogP contribution >= 0.6 is 0 Å². The first-order valence-corrected chi connectivity index (χ1v) is 10.5. The number of imide groups is 1. The van der Waals surface area contributed by atoms with E-state index in [4.69, 9.17) is 4.98 Å². The van der Waals surface area contributed by atoms with E-state index in [9.17, 15) is 18.8 Å². The van der Waals surface area contributed by atoms with Crippen LogP contribution in [0.4, 0.5) is 15.0 Å². The third kappa shape index (κ3) is 3.68. The quantitative estimate of drug-likeness (QED) is 0.715. The summed E-state index contributed by atoms with van der Waals surface area (Å²) in [5.74, 6) is -0.693. The van der Waals surface area contributed by atoms with Crippen LogP contribution in [0, 0.1) is 26.6 Å². The van der Waals surface area contributed by atoms with Gasteiger partial charge >= 0.3 is 6.03 Å². The highest BCUT2D eigenvalue weighted by Gasteiger charge is 2.45. The maximum absolute atomic E-state index is 14.9. The van der Waals surface area contributed by atoms with Gasteiger partial charge in [-0.05, 0) is 51.0 Å². The Bertz CT molecular complexity index is 1130. The summed E-state index contributed by atoms with van der Waals surface area (Å²) in [5.41, 5.74) is 1.94. The van der Waals surface area contributed by atoms with Crippen LogP contribution in [-0.4, -0.2) is 53.9 Å². The topological polar surface area (TPSA) is 94.6 Å². The van der Waals surface area contributed by atoms with Gasteiger partial charge in [-0.2, -0.15) is 0 Å². The fourth-order valence-electron chi connectivity index (χ4n) is 4.24. The highest BCUT2D eigenvalue weighted by Crippen LogP contribution is 2.28. The lowest BCUT2D eigenvalue weighted by Crippen LogP contribution is -2.49. The average Bonchev–Trinajstić information content (AvgIpc) is 3.02. The zero-order valence-electron chi connectivity index (χ0n) is 18.6. The molecule has 2 saturated heterocycles. The van der Waals surface area contributed by atoms with Gasteiger partial charge in [-0.25, -0.2) is 14.2 Å². The van der Waals surface area contributed by atoms with Gasteiger partial charge in [0.15, 0.2) is 0 Å². The van der Waals surface area contributed by atoms with Gasteiger partial charge < -0.3 is 15.1 Å². The van der Waals surface area contributed by atoms with Gasteiger partial charge in [0.25, 0.3) is 11.8 Å². The number of carbonyl (C=O) groups is 3. The lowest BCUT2D eigenvalue weighted by Gasteiger charge is -2.36. The van der Waals surface area contributed by atoms with Crippen molar-refractivity contribution in [3.63, 3.8) is 0 Å². The van der Waals surface area contributed by atoms with Gasteiger partial charge in [-0.3, -0.25) is 14.9 Å². The van der Waals surface area contributed by atoms with Gasteiger partial charge in [0.2, 0.25) is 0 Å². The Kier molecular flexibility index (Phi) is 5.36. The van der Waals surface area contributed by atoms with Crippen LogP contribution in [0.15, 0.2) is 24.3 Å². The van der Waals surface area contributed by atoms with Crippen molar-refractivity contribution in [3.8, 4) is 0 Å². The molecule has 3 heterocycles. The van der Waals surface area contributed by atoms with E-state index in [0.717, 1.165) is 28.7 Å². The number of nitrogens with zero attached hydrogens (tertiary/aromatic N) is 3. The van der Waals surface area contributed by atoms with Crippen LogP contribution in [0.2, 0.25) is 0 Å². The molecule has 2 fully saturated rings. The number of piperazine rings is 1. The van der Waals surface area contributed by atoms with E-state index >= 15 is 0 Å². The number of rotatable bonds is 3. The molecular formula is C23H26FN5O3. The van der Waals surface area contributed by atoms with Crippen LogP contribution < -0.4 is 15.5 Å². The van der Waals surface area contributed by atoms with E-state index in [2.05, 4.69) is 21.6 Å². The Morgan fingerprint density at radius 3 is 2.34 bits per heavy atom. The Morgan fingerprint density at radius 2 is 1.75 bits per heavy atom. The highest BCUT2D eigenvalue weighted by atomic mass is 19.1. The van der Waals surface area contributed by atoms with E-state index in [1.54, 1.807) is 4.90 Å². The Hall–Kier alpha value is -3.49. The molecule has 0 bridgehead atoms. The molecule has 1 aromatic carbocycles. The number of hydrogen-bond acceptors (Lipinski definition) is 5. The van der Waals surface area contributed by atoms with Crippen molar-refractivity contribution in [2.24, 2.45) is 0 Å². The molecule has 168 valence electrons. The van der Waals surface area contributed by atoms with Crippen LogP contribution in [0.5, 0.6) is 0 Å². The minimum Gasteiger partial charge on any atom is -0.353 e. The summed E-state index contributed by atoms with van der Waals surface area (Å²) >= 11 is 0. The number of aromatic nitrogens is 1. The number of aryl methyl sites for hydroxylation is 3. The fourth-order valence-corrected chi connectivity index (χ4v) is 4.24. The predicted molar refractivity (Wildman–Crippen MR) is 117 cm³/mol. The van der Waals surface area contributed by atoms with Crippen molar-refractivity contribution < 1.29 is 18.8 Å². The Morgan fingerprint density at radius 1 is 1.06 bits per heavy atom. The maximum Gasteiger partial charge on any atom is 0.322 e. The molecular weight excluding hydrogens is 413 g/mol. The molecule has 4 rings (SSSR count). The lowest BCUT2D eigenvalue weighted by atomic mass is 9.91. The summed E-state index contributed by atoms with van der Waals surface area (Å²) in [6.07, 6.45) is 0. The average molecular weight is 439 g/mol. The molecule has 2 N–H and O–H groups in total. The monoisotopic (exact) mass is 439 g/mol. The number of hydrogen-bond donors (Lipinski definition) is 2. The van der Waals surface area contributed by atoms with E-state index in [0.29, 0.717) is 26.2 Å². The molecule has 1 atom stereocenters. The molecule has 1 aromatic heterocycles. The number of carbonyl (C=O) groups excluding carboxylic acids is 3. The van der Waals surface area contributed by atoms with E-state index in [-0.39, 0.29) is 17.0 Å². The molecule has 0 radical (unpaired) electrons. The zero-order valence-corrected chi connectivity index (χ0v) is 18.6. The van der Waals surface area contributed by atoms with Gasteiger partial charge in [0, 0.05) is 43.0 Å². The Balaban J connectivity index is 1.47. The van der Waals surface area contributed by atoms with E-state index in [1.165, 1.54) is 19.1 Å². The molecule has 9 heteroatoms. The first-order valence-electron chi connectivity index (χ1n) is 10.5. The smallest absolute Gasteiger partial charge is 0.322 e. The molecule has 0 aliphatic carbocycles. The standard InChI is InChI=1S/C23H26FN5O3/c1-13-11-14(2)19(25-15(13)3)28-7-9-29(10-8-28)20(30)16-5-6-17(18(24)12-16)23(4)21(31)26-22(32)27-23/h5-6,11-12H,7-10H2,1-4H3,(H2,26,27,31,32)/t23-/m0/s1. The second kappa shape index (κ2) is 7.89. The minimum absolute atomic E-state index is 0.0125. The van der Waals surface area contributed by atoms with Crippen molar-refractivity contribution >= 4 is 23.7 Å². The van der Waals surface area contributed by atoms with Crippen molar-refractivity contribution in [2.45, 2.75) is 33.2 Å². The Labute approximate surface area is 185 Å². The number of anilines is 1. The van der Waals surface area contributed by atoms with Gasteiger partial charge in [0.1, 0.15) is 17.2 Å². The third-order valence-electron chi connectivity index (χ3n) is 6.30. The lowest BCUT2D eigenvalue weighted by molar-refractivity contribution is -0.123. The summed E-state index contributed by atoms with van der Waals surface area (Å²) in [6, 6.07) is 5.44. The number of pyridine rings is 1. The molecule has 2 aliphatic rings. The number of halogens is 1. The van der Waals surface area contributed by atoms with E-state index in [1.807, 2.05) is 20.8 Å². The summed E-state index contributed by atoms with van der Waals surface area (Å²) in [6.45, 7) is 9.73. The summed E-state index contributed by atoms with van der Waals surface area (Å²) in [5, 5.41) is 4.54. The van der Waals surface area contributed by atoms with Crippen LogP contribution in [0.1, 0.15) is 39.7 Å². The second-order valence-corrected chi connectivity index (χ2v) is 8.54. The summed E-state index contributed by atoms with van der Waals surface area (Å²) in [7, 11) is 0. The molecule has 32 heavy (non-hydrogen) atoms. The number of amides is 4. The van der Waals surface area contributed by atoms with Crippen molar-refractivity contribution in [3.05, 3.63) is 58.0 Å². The number of benzene rings is 1. The van der Waals surface area contributed by atoms with E-state index < -0.39 is 23.3 Å². The SMILES string of the molecule is Cc1cc(C)c(N2CCN(C(=O)c3ccc([C@]4(C)NC(=O)NC4=O)c(F)c3)CC2)nc1C.